The van der Waals surface area contributed by atoms with Gasteiger partial charge in [-0.25, -0.2) is 0 Å². The second-order valence-corrected chi connectivity index (χ2v) is 9.07. The Hall–Kier alpha value is -2.80. The number of piperidine rings is 1. The van der Waals surface area contributed by atoms with Gasteiger partial charge in [0.05, 0.1) is 11.0 Å². The second-order valence-electron chi connectivity index (χ2n) is 8.07. The van der Waals surface area contributed by atoms with Gasteiger partial charge in [-0.3, -0.25) is 19.3 Å². The predicted molar refractivity (Wildman–Crippen MR) is 123 cm³/mol. The minimum absolute atomic E-state index is 0.0365. The molecule has 4 rings (SSSR count). The number of hydrogen-bond donors (Lipinski definition) is 0. The third-order valence-corrected chi connectivity index (χ3v) is 6.35. The van der Waals surface area contributed by atoms with E-state index in [-0.39, 0.29) is 18.6 Å². The molecule has 3 amide bonds. The fourth-order valence-corrected chi connectivity index (χ4v) is 4.75. The van der Waals surface area contributed by atoms with Crippen LogP contribution in [0.3, 0.4) is 0 Å². The van der Waals surface area contributed by atoms with Crippen LogP contribution < -0.4 is 4.74 Å². The number of carbonyl (C=O) groups is 3. The summed E-state index contributed by atoms with van der Waals surface area (Å²) >= 11 is 0.874. The highest BCUT2D eigenvalue weighted by atomic mass is 32.2. The summed E-state index contributed by atoms with van der Waals surface area (Å²) in [7, 11) is 0. The van der Waals surface area contributed by atoms with Crippen molar-refractivity contribution in [2.45, 2.75) is 39.2 Å². The lowest BCUT2D eigenvalue weighted by Gasteiger charge is -2.27. The van der Waals surface area contributed by atoms with Gasteiger partial charge in [0.15, 0.2) is 0 Å². The van der Waals surface area contributed by atoms with E-state index < -0.39 is 11.1 Å². The van der Waals surface area contributed by atoms with Crippen molar-refractivity contribution in [3.8, 4) is 5.75 Å². The van der Waals surface area contributed by atoms with Crippen molar-refractivity contribution in [3.63, 3.8) is 0 Å². The number of amides is 3. The number of carbonyl (C=O) groups excluding carboxylic acids is 3. The van der Waals surface area contributed by atoms with Crippen LogP contribution in [0, 0.1) is 0 Å². The minimum Gasteiger partial charge on any atom is -0.490 e. The van der Waals surface area contributed by atoms with Gasteiger partial charge >= 0.3 is 0 Å². The lowest BCUT2D eigenvalue weighted by atomic mass is 10.0. The maximum atomic E-state index is 13.0. The molecule has 0 aromatic heterocycles. The Balaban J connectivity index is 1.63. The van der Waals surface area contributed by atoms with Gasteiger partial charge in [0.1, 0.15) is 12.3 Å². The van der Waals surface area contributed by atoms with E-state index >= 15 is 0 Å². The van der Waals surface area contributed by atoms with Crippen molar-refractivity contribution in [2.75, 3.05) is 19.6 Å². The molecule has 2 aliphatic heterocycles. The first kappa shape index (κ1) is 21.4. The van der Waals surface area contributed by atoms with Gasteiger partial charge in [-0.1, -0.05) is 30.3 Å². The number of benzene rings is 2. The molecule has 162 valence electrons. The Labute approximate surface area is 186 Å². The summed E-state index contributed by atoms with van der Waals surface area (Å²) in [4.78, 5) is 41.3. The summed E-state index contributed by atoms with van der Waals surface area (Å²) in [5.41, 5.74) is 0.764. The van der Waals surface area contributed by atoms with Gasteiger partial charge in [-0.05, 0) is 67.8 Å². The molecule has 0 bridgehead atoms. The highest BCUT2D eigenvalue weighted by Gasteiger charge is 2.37. The molecule has 0 radical (unpaired) electrons. The van der Waals surface area contributed by atoms with Crippen molar-refractivity contribution in [3.05, 3.63) is 46.9 Å². The van der Waals surface area contributed by atoms with Gasteiger partial charge < -0.3 is 9.64 Å². The molecule has 0 unspecified atom stereocenters. The first-order chi connectivity index (χ1) is 14.9. The van der Waals surface area contributed by atoms with Crippen LogP contribution in [0.2, 0.25) is 0 Å². The average molecular weight is 439 g/mol. The highest BCUT2D eigenvalue weighted by molar-refractivity contribution is 8.18. The molecule has 0 aliphatic carbocycles. The van der Waals surface area contributed by atoms with E-state index in [4.69, 9.17) is 4.74 Å². The van der Waals surface area contributed by atoms with Crippen LogP contribution >= 0.6 is 11.8 Å². The first-order valence-electron chi connectivity index (χ1n) is 10.7. The number of fused-ring (bicyclic) bond motifs is 1. The number of ether oxygens (including phenoxy) is 1. The monoisotopic (exact) mass is 438 g/mol. The molecule has 6 nitrogen and oxygen atoms in total. The summed E-state index contributed by atoms with van der Waals surface area (Å²) < 4.78 is 5.97. The van der Waals surface area contributed by atoms with Gasteiger partial charge in [0.25, 0.3) is 11.1 Å². The third kappa shape index (κ3) is 4.61. The topological polar surface area (TPSA) is 66.9 Å². The molecule has 0 saturated carbocycles. The van der Waals surface area contributed by atoms with Crippen molar-refractivity contribution in [1.82, 2.24) is 9.80 Å². The zero-order chi connectivity index (χ0) is 22.0. The van der Waals surface area contributed by atoms with Crippen LogP contribution in [0.25, 0.3) is 16.8 Å². The second kappa shape index (κ2) is 9.14. The van der Waals surface area contributed by atoms with Crippen LogP contribution in [0.15, 0.2) is 41.3 Å². The molecule has 2 aromatic carbocycles. The Bertz CT molecular complexity index is 1060. The first-order valence-corrected chi connectivity index (χ1v) is 11.5. The van der Waals surface area contributed by atoms with Crippen molar-refractivity contribution in [1.29, 1.82) is 0 Å². The van der Waals surface area contributed by atoms with Gasteiger partial charge in [-0.15, -0.1) is 0 Å². The van der Waals surface area contributed by atoms with E-state index in [1.807, 2.05) is 50.2 Å². The van der Waals surface area contributed by atoms with Crippen molar-refractivity contribution in [2.24, 2.45) is 0 Å². The molecule has 0 atom stereocenters. The summed E-state index contributed by atoms with van der Waals surface area (Å²) in [5, 5.41) is 1.55. The Morgan fingerprint density at radius 2 is 1.84 bits per heavy atom. The highest BCUT2D eigenvalue weighted by Crippen LogP contribution is 2.37. The van der Waals surface area contributed by atoms with Gasteiger partial charge in [-0.2, -0.15) is 0 Å². The molecule has 2 saturated heterocycles. The summed E-state index contributed by atoms with van der Waals surface area (Å²) in [6.07, 6.45) is 4.72. The van der Waals surface area contributed by atoms with E-state index in [9.17, 15) is 14.4 Å². The zero-order valence-corrected chi connectivity index (χ0v) is 18.6. The number of imide groups is 1. The number of thioether (sulfide) groups is 1. The molecule has 0 N–H and O–H groups in total. The molecule has 2 aromatic rings. The number of rotatable bonds is 5. The molecule has 2 heterocycles. The standard InChI is InChI=1S/C24H26N2O4S/c1-16(2)30-20-11-10-17-8-4-5-9-18(17)19(20)14-21-23(28)26(24(29)31-21)15-22(27)25-12-6-3-7-13-25/h4-5,8-11,14,16H,3,6-7,12-13,15H2,1-2H3/b21-14-. The lowest BCUT2D eigenvalue weighted by Crippen LogP contribution is -2.44. The maximum absolute atomic E-state index is 13.0. The minimum atomic E-state index is -0.427. The SMILES string of the molecule is CC(C)Oc1ccc2ccccc2c1/C=C1\SC(=O)N(CC(=O)N2CCCCC2)C1=O. The summed E-state index contributed by atoms with van der Waals surface area (Å²) in [6.45, 7) is 5.07. The van der Waals surface area contributed by atoms with Crippen LogP contribution in [0.5, 0.6) is 5.75 Å². The average Bonchev–Trinajstić information content (AvgIpc) is 3.03. The quantitative estimate of drug-likeness (QED) is 0.635. The molecule has 0 spiro atoms. The molecular formula is C24H26N2O4S. The largest absolute Gasteiger partial charge is 0.490 e. The molecule has 2 fully saturated rings. The van der Waals surface area contributed by atoms with E-state index in [0.717, 1.165) is 52.3 Å². The number of likely N-dealkylation sites (tertiary alicyclic amines) is 1. The van der Waals surface area contributed by atoms with E-state index in [0.29, 0.717) is 23.7 Å². The predicted octanol–water partition coefficient (Wildman–Crippen LogP) is 4.68. The Morgan fingerprint density at radius 3 is 2.58 bits per heavy atom. The lowest BCUT2D eigenvalue weighted by molar-refractivity contribution is -0.136. The molecular weight excluding hydrogens is 412 g/mol. The Morgan fingerprint density at radius 1 is 1.10 bits per heavy atom. The van der Waals surface area contributed by atoms with Crippen LogP contribution in [0.4, 0.5) is 4.79 Å². The molecule has 31 heavy (non-hydrogen) atoms. The summed E-state index contributed by atoms with van der Waals surface area (Å²) in [6, 6.07) is 11.7. The van der Waals surface area contributed by atoms with E-state index in [2.05, 4.69) is 0 Å². The normalized spacial score (nSPS) is 18.5. The van der Waals surface area contributed by atoms with Crippen molar-refractivity contribution >= 4 is 45.7 Å². The fraction of sp³-hybridized carbons (Fsp3) is 0.375. The maximum Gasteiger partial charge on any atom is 0.294 e. The zero-order valence-electron chi connectivity index (χ0n) is 17.8. The van der Waals surface area contributed by atoms with E-state index in [1.165, 1.54) is 0 Å². The molecule has 7 heteroatoms. The smallest absolute Gasteiger partial charge is 0.294 e. The third-order valence-electron chi connectivity index (χ3n) is 5.44. The molecule has 2 aliphatic rings. The number of hydrogen-bond acceptors (Lipinski definition) is 5. The van der Waals surface area contributed by atoms with Gasteiger partial charge in [0.2, 0.25) is 5.91 Å². The van der Waals surface area contributed by atoms with Crippen LogP contribution in [0.1, 0.15) is 38.7 Å². The fourth-order valence-electron chi connectivity index (χ4n) is 3.93. The van der Waals surface area contributed by atoms with Crippen molar-refractivity contribution < 1.29 is 19.1 Å². The van der Waals surface area contributed by atoms with Crippen LogP contribution in [-0.2, 0) is 9.59 Å². The Kier molecular flexibility index (Phi) is 6.32. The number of nitrogens with zero attached hydrogens (tertiary/aromatic N) is 2. The van der Waals surface area contributed by atoms with E-state index in [1.54, 1.807) is 11.0 Å². The van der Waals surface area contributed by atoms with Gasteiger partial charge in [0, 0.05) is 18.7 Å². The summed E-state index contributed by atoms with van der Waals surface area (Å²) in [5.74, 6) is 0.0610. The van der Waals surface area contributed by atoms with Crippen LogP contribution in [-0.4, -0.2) is 52.6 Å².